The van der Waals surface area contributed by atoms with Gasteiger partial charge in [0.05, 0.1) is 23.3 Å². The zero-order valence-corrected chi connectivity index (χ0v) is 12.0. The molecule has 22 heavy (non-hydrogen) atoms. The molecule has 4 nitrogen and oxygen atoms in total. The van der Waals surface area contributed by atoms with Crippen molar-refractivity contribution in [2.75, 3.05) is 6.61 Å². The van der Waals surface area contributed by atoms with Gasteiger partial charge in [0.2, 0.25) is 0 Å². The third-order valence-electron chi connectivity index (χ3n) is 3.73. The van der Waals surface area contributed by atoms with Crippen molar-refractivity contribution >= 4 is 5.71 Å². The van der Waals surface area contributed by atoms with Crippen LogP contribution >= 0.6 is 0 Å². The molecular formula is C18H15N3O. The van der Waals surface area contributed by atoms with Crippen LogP contribution in [0.25, 0.3) is 16.9 Å². The number of nitrogens with zero attached hydrogens (tertiary/aromatic N) is 3. The van der Waals surface area contributed by atoms with Crippen LogP contribution in [0.3, 0.4) is 0 Å². The molecule has 108 valence electrons. The number of oxime groups is 1. The van der Waals surface area contributed by atoms with Crippen LogP contribution in [0, 0.1) is 0 Å². The molecule has 0 spiro atoms. The molecule has 0 radical (unpaired) electrons. The first-order valence-electron chi connectivity index (χ1n) is 7.31. The largest absolute Gasteiger partial charge is 0.395 e. The lowest BCUT2D eigenvalue weighted by Crippen LogP contribution is -2.03. The number of hydrogen-bond acceptors (Lipinski definition) is 3. The van der Waals surface area contributed by atoms with Crippen LogP contribution in [0.1, 0.15) is 12.0 Å². The minimum Gasteiger partial charge on any atom is -0.395 e. The van der Waals surface area contributed by atoms with Crippen molar-refractivity contribution < 1.29 is 4.84 Å². The Labute approximate surface area is 128 Å². The molecular weight excluding hydrogens is 274 g/mol. The van der Waals surface area contributed by atoms with Crippen LogP contribution in [-0.4, -0.2) is 22.1 Å². The summed E-state index contributed by atoms with van der Waals surface area (Å²) >= 11 is 0. The fourth-order valence-corrected chi connectivity index (χ4v) is 2.69. The van der Waals surface area contributed by atoms with E-state index in [4.69, 9.17) is 4.84 Å². The van der Waals surface area contributed by atoms with E-state index in [9.17, 15) is 0 Å². The summed E-state index contributed by atoms with van der Waals surface area (Å²) in [5.74, 6) is 0. The highest BCUT2D eigenvalue weighted by molar-refractivity contribution is 6.05. The number of benzene rings is 2. The SMILES string of the molecule is c1ccc(-c2c(C3=NOCC3)cnn2-c2ccccc2)cc1. The first kappa shape index (κ1) is 12.8. The third kappa shape index (κ3) is 2.19. The molecule has 4 rings (SSSR count). The molecule has 0 fully saturated rings. The van der Waals surface area contributed by atoms with E-state index < -0.39 is 0 Å². The third-order valence-corrected chi connectivity index (χ3v) is 3.73. The fraction of sp³-hybridized carbons (Fsp3) is 0.111. The van der Waals surface area contributed by atoms with Crippen molar-refractivity contribution in [3.8, 4) is 16.9 Å². The number of rotatable bonds is 3. The van der Waals surface area contributed by atoms with Crippen LogP contribution in [0.4, 0.5) is 0 Å². The number of para-hydroxylation sites is 1. The lowest BCUT2D eigenvalue weighted by molar-refractivity contribution is 0.174. The topological polar surface area (TPSA) is 39.4 Å². The maximum absolute atomic E-state index is 5.17. The van der Waals surface area contributed by atoms with E-state index in [2.05, 4.69) is 34.5 Å². The van der Waals surface area contributed by atoms with Gasteiger partial charge >= 0.3 is 0 Å². The normalized spacial score (nSPS) is 13.7. The van der Waals surface area contributed by atoms with Crippen molar-refractivity contribution in [1.29, 1.82) is 0 Å². The zero-order valence-electron chi connectivity index (χ0n) is 12.0. The molecule has 0 N–H and O–H groups in total. The van der Waals surface area contributed by atoms with Gasteiger partial charge in [-0.2, -0.15) is 5.10 Å². The second-order valence-electron chi connectivity index (χ2n) is 5.14. The van der Waals surface area contributed by atoms with Crippen LogP contribution in [0.2, 0.25) is 0 Å². The monoisotopic (exact) mass is 289 g/mol. The van der Waals surface area contributed by atoms with Gasteiger partial charge in [0, 0.05) is 17.5 Å². The molecule has 1 aromatic heterocycles. The molecule has 0 amide bonds. The summed E-state index contributed by atoms with van der Waals surface area (Å²) in [6.07, 6.45) is 2.70. The average Bonchev–Trinajstić information content (AvgIpc) is 3.25. The lowest BCUT2D eigenvalue weighted by atomic mass is 10.0. The Balaban J connectivity index is 1.93. The molecule has 3 aromatic rings. The van der Waals surface area contributed by atoms with E-state index in [-0.39, 0.29) is 0 Å². The molecule has 0 saturated heterocycles. The summed E-state index contributed by atoms with van der Waals surface area (Å²) < 4.78 is 1.96. The van der Waals surface area contributed by atoms with Crippen LogP contribution < -0.4 is 0 Å². The summed E-state index contributed by atoms with van der Waals surface area (Å²) in [6.45, 7) is 0.639. The average molecular weight is 289 g/mol. The first-order valence-corrected chi connectivity index (χ1v) is 7.31. The van der Waals surface area contributed by atoms with Gasteiger partial charge in [-0.05, 0) is 12.1 Å². The minimum atomic E-state index is 0.639. The second kappa shape index (κ2) is 5.48. The van der Waals surface area contributed by atoms with Gasteiger partial charge in [-0.25, -0.2) is 4.68 Å². The Morgan fingerprint density at radius 2 is 1.64 bits per heavy atom. The van der Waals surface area contributed by atoms with E-state index in [1.807, 2.05) is 47.3 Å². The van der Waals surface area contributed by atoms with Gasteiger partial charge in [0.25, 0.3) is 0 Å². The van der Waals surface area contributed by atoms with Crippen molar-refractivity contribution in [2.45, 2.75) is 6.42 Å². The molecule has 0 bridgehead atoms. The van der Waals surface area contributed by atoms with Crippen molar-refractivity contribution in [2.24, 2.45) is 5.16 Å². The summed E-state index contributed by atoms with van der Waals surface area (Å²) in [5.41, 5.74) is 5.20. The fourth-order valence-electron chi connectivity index (χ4n) is 2.69. The molecule has 0 aliphatic carbocycles. The summed E-state index contributed by atoms with van der Waals surface area (Å²) in [6, 6.07) is 20.4. The summed E-state index contributed by atoms with van der Waals surface area (Å²) in [7, 11) is 0. The maximum Gasteiger partial charge on any atom is 0.122 e. The molecule has 1 aliphatic rings. The molecule has 0 unspecified atom stereocenters. The predicted molar refractivity (Wildman–Crippen MR) is 86.1 cm³/mol. The van der Waals surface area contributed by atoms with E-state index >= 15 is 0 Å². The van der Waals surface area contributed by atoms with Crippen molar-refractivity contribution in [1.82, 2.24) is 9.78 Å². The predicted octanol–water partition coefficient (Wildman–Crippen LogP) is 3.66. The van der Waals surface area contributed by atoms with E-state index in [0.29, 0.717) is 6.61 Å². The standard InChI is InChI=1S/C18H15N3O/c1-3-7-14(8-4-1)18-16(17-11-12-22-20-17)13-19-21(18)15-9-5-2-6-10-15/h1-10,13H,11-12H2. The molecule has 2 aromatic carbocycles. The zero-order chi connectivity index (χ0) is 14.8. The first-order chi connectivity index (χ1) is 10.9. The smallest absolute Gasteiger partial charge is 0.122 e. The highest BCUT2D eigenvalue weighted by Crippen LogP contribution is 2.28. The summed E-state index contributed by atoms with van der Waals surface area (Å²) in [4.78, 5) is 5.17. The minimum absolute atomic E-state index is 0.639. The molecule has 0 atom stereocenters. The molecule has 4 heteroatoms. The number of hydrogen-bond donors (Lipinski definition) is 0. The molecule has 0 saturated carbocycles. The van der Waals surface area contributed by atoms with Gasteiger partial charge < -0.3 is 4.84 Å². The van der Waals surface area contributed by atoms with E-state index in [1.165, 1.54) is 0 Å². The van der Waals surface area contributed by atoms with Gasteiger partial charge in [-0.3, -0.25) is 0 Å². The quantitative estimate of drug-likeness (QED) is 0.738. The van der Waals surface area contributed by atoms with E-state index in [0.717, 1.165) is 34.6 Å². The maximum atomic E-state index is 5.17. The van der Waals surface area contributed by atoms with Gasteiger partial charge in [0.15, 0.2) is 0 Å². The molecule has 1 aliphatic heterocycles. The Morgan fingerprint density at radius 1 is 0.909 bits per heavy atom. The van der Waals surface area contributed by atoms with Crippen molar-refractivity contribution in [3.05, 3.63) is 72.4 Å². The van der Waals surface area contributed by atoms with Gasteiger partial charge in [-0.15, -0.1) is 0 Å². The Kier molecular flexibility index (Phi) is 3.20. The summed E-state index contributed by atoms with van der Waals surface area (Å²) in [5, 5.41) is 8.75. The van der Waals surface area contributed by atoms with Gasteiger partial charge in [0.1, 0.15) is 6.61 Å². The second-order valence-corrected chi connectivity index (χ2v) is 5.14. The number of aromatic nitrogens is 2. The van der Waals surface area contributed by atoms with Crippen molar-refractivity contribution in [3.63, 3.8) is 0 Å². The van der Waals surface area contributed by atoms with Gasteiger partial charge in [-0.1, -0.05) is 53.7 Å². The van der Waals surface area contributed by atoms with Crippen LogP contribution in [0.15, 0.2) is 72.0 Å². The van der Waals surface area contributed by atoms with E-state index in [1.54, 1.807) is 0 Å². The Hall–Kier alpha value is -2.88. The highest BCUT2D eigenvalue weighted by atomic mass is 16.6. The van der Waals surface area contributed by atoms with Crippen LogP contribution in [0.5, 0.6) is 0 Å². The highest BCUT2D eigenvalue weighted by Gasteiger charge is 2.21. The Bertz CT molecular complexity index is 807. The lowest BCUT2D eigenvalue weighted by Gasteiger charge is -2.09. The molecule has 2 heterocycles. The Morgan fingerprint density at radius 3 is 2.32 bits per heavy atom. The van der Waals surface area contributed by atoms with Crippen LogP contribution in [-0.2, 0) is 4.84 Å².